The maximum atomic E-state index is 11.4. The second-order valence-electron chi connectivity index (χ2n) is 5.07. The molecule has 3 nitrogen and oxygen atoms in total. The molecule has 5 heteroatoms. The number of thioether (sulfide) groups is 1. The number of carbonyl (C=O) groups is 1. The van der Waals surface area contributed by atoms with Crippen LogP contribution in [-0.2, 0) is 15.3 Å². The average Bonchev–Trinajstić information content (AvgIpc) is 2.46. The first-order chi connectivity index (χ1) is 10.0. The van der Waals surface area contributed by atoms with Crippen molar-refractivity contribution in [1.29, 1.82) is 0 Å². The highest BCUT2D eigenvalue weighted by Gasteiger charge is 2.13. The molecule has 1 atom stereocenters. The van der Waals surface area contributed by atoms with Gasteiger partial charge in [-0.2, -0.15) is 11.8 Å². The normalized spacial score (nSPS) is 12.4. The summed E-state index contributed by atoms with van der Waals surface area (Å²) < 4.78 is 4.72. The fourth-order valence-electron chi connectivity index (χ4n) is 2.01. The second-order valence-corrected chi connectivity index (χ2v) is 6.46. The molecule has 1 aromatic carbocycles. The topological polar surface area (TPSA) is 39.2 Å². The minimum atomic E-state index is -0.180. The van der Waals surface area contributed by atoms with Gasteiger partial charge >= 0.3 is 5.97 Å². The summed E-state index contributed by atoms with van der Waals surface area (Å²) in [6.45, 7) is 3.90. The van der Waals surface area contributed by atoms with Crippen molar-refractivity contribution >= 4 is 40.2 Å². The minimum absolute atomic E-state index is 0.116. The molecule has 0 aliphatic carbocycles. The van der Waals surface area contributed by atoms with Crippen LogP contribution in [0.3, 0.4) is 0 Å². The Morgan fingerprint density at radius 1 is 1.43 bits per heavy atom. The molecular formula is C16H18ClNO2S. The maximum absolute atomic E-state index is 11.4. The van der Waals surface area contributed by atoms with Crippen molar-refractivity contribution in [3.05, 3.63) is 40.5 Å². The number of methoxy groups -OCH3 is 1. The predicted molar refractivity (Wildman–Crippen MR) is 88.8 cm³/mol. The molecule has 0 amide bonds. The monoisotopic (exact) mass is 323 g/mol. The number of rotatable bonds is 5. The van der Waals surface area contributed by atoms with Crippen molar-refractivity contribution in [1.82, 2.24) is 4.98 Å². The van der Waals surface area contributed by atoms with Crippen molar-refractivity contribution in [3.8, 4) is 0 Å². The lowest BCUT2D eigenvalue weighted by atomic mass is 10.1. The molecule has 0 fully saturated rings. The van der Waals surface area contributed by atoms with E-state index < -0.39 is 0 Å². The lowest BCUT2D eigenvalue weighted by Gasteiger charge is -2.10. The van der Waals surface area contributed by atoms with Gasteiger partial charge in [-0.1, -0.05) is 30.7 Å². The Balaban J connectivity index is 2.07. The van der Waals surface area contributed by atoms with Crippen molar-refractivity contribution in [2.24, 2.45) is 5.92 Å². The number of carbonyl (C=O) groups excluding carboxylic acids is 1. The first kappa shape index (κ1) is 16.1. The van der Waals surface area contributed by atoms with Crippen LogP contribution in [0.15, 0.2) is 24.3 Å². The number of benzene rings is 1. The van der Waals surface area contributed by atoms with Crippen molar-refractivity contribution in [2.45, 2.75) is 19.6 Å². The number of aromatic nitrogens is 1. The predicted octanol–water partition coefficient (Wildman–Crippen LogP) is 4.24. The summed E-state index contributed by atoms with van der Waals surface area (Å²) in [5.74, 6) is 1.14. The first-order valence-corrected chi connectivity index (χ1v) is 8.26. The molecule has 0 bridgehead atoms. The number of pyridine rings is 1. The highest BCUT2D eigenvalue weighted by atomic mass is 35.5. The minimum Gasteiger partial charge on any atom is -0.469 e. The third kappa shape index (κ3) is 4.11. The number of aryl methyl sites for hydroxylation is 1. The number of hydrogen-bond donors (Lipinski definition) is 0. The van der Waals surface area contributed by atoms with E-state index in [0.29, 0.717) is 10.9 Å². The van der Waals surface area contributed by atoms with E-state index in [1.54, 1.807) is 11.8 Å². The molecule has 0 N–H and O–H groups in total. The molecule has 2 rings (SSSR count). The van der Waals surface area contributed by atoms with Crippen LogP contribution in [-0.4, -0.2) is 23.8 Å². The van der Waals surface area contributed by atoms with Gasteiger partial charge in [0.2, 0.25) is 0 Å². The van der Waals surface area contributed by atoms with Crippen LogP contribution in [0.25, 0.3) is 10.9 Å². The van der Waals surface area contributed by atoms with Crippen molar-refractivity contribution in [3.63, 3.8) is 0 Å². The second kappa shape index (κ2) is 7.14. The zero-order valence-electron chi connectivity index (χ0n) is 12.4. The number of hydrogen-bond acceptors (Lipinski definition) is 4. The Bertz CT molecular complexity index is 660. The largest absolute Gasteiger partial charge is 0.469 e. The maximum Gasteiger partial charge on any atom is 0.309 e. The fourth-order valence-corrected chi connectivity index (χ4v) is 3.35. The lowest BCUT2D eigenvalue weighted by molar-refractivity contribution is -0.143. The van der Waals surface area contributed by atoms with E-state index in [-0.39, 0.29) is 11.9 Å². The summed E-state index contributed by atoms with van der Waals surface area (Å²) in [6, 6.07) is 8.21. The van der Waals surface area contributed by atoms with Crippen LogP contribution in [0.4, 0.5) is 0 Å². The summed E-state index contributed by atoms with van der Waals surface area (Å²) in [5, 5.41) is 1.62. The Morgan fingerprint density at radius 3 is 2.90 bits per heavy atom. The summed E-state index contributed by atoms with van der Waals surface area (Å²) in [7, 11) is 1.41. The molecule has 112 valence electrons. The van der Waals surface area contributed by atoms with E-state index in [9.17, 15) is 4.79 Å². The third-order valence-electron chi connectivity index (χ3n) is 3.23. The standard InChI is InChI=1S/C16H18ClNO2S/c1-10-4-5-12-7-13(15(17)18-14(12)6-10)9-21-8-11(2)16(19)20-3/h4-7,11H,8-9H2,1-3H3. The van der Waals surface area contributed by atoms with Gasteiger partial charge < -0.3 is 4.74 Å². The summed E-state index contributed by atoms with van der Waals surface area (Å²) in [5.41, 5.74) is 3.08. The SMILES string of the molecule is COC(=O)C(C)CSCc1cc2ccc(C)cc2nc1Cl. The number of nitrogens with zero attached hydrogens (tertiary/aromatic N) is 1. The molecule has 0 radical (unpaired) electrons. The number of esters is 1. The van der Waals surface area contributed by atoms with E-state index in [2.05, 4.69) is 23.2 Å². The smallest absolute Gasteiger partial charge is 0.309 e. The van der Waals surface area contributed by atoms with Crippen LogP contribution in [0, 0.1) is 12.8 Å². The van der Waals surface area contributed by atoms with E-state index >= 15 is 0 Å². The molecule has 1 heterocycles. The van der Waals surface area contributed by atoms with Gasteiger partial charge in [0.15, 0.2) is 0 Å². The zero-order chi connectivity index (χ0) is 15.4. The Hall–Kier alpha value is -1.26. The van der Waals surface area contributed by atoms with Gasteiger partial charge in [0.05, 0.1) is 18.5 Å². The van der Waals surface area contributed by atoms with E-state index in [1.807, 2.05) is 19.9 Å². The Kier molecular flexibility index (Phi) is 5.48. The molecule has 0 aliphatic rings. The van der Waals surface area contributed by atoms with Gasteiger partial charge in [0, 0.05) is 22.5 Å². The molecule has 1 aromatic heterocycles. The molecule has 21 heavy (non-hydrogen) atoms. The highest BCUT2D eigenvalue weighted by Crippen LogP contribution is 2.25. The fraction of sp³-hybridized carbons (Fsp3) is 0.375. The summed E-state index contributed by atoms with van der Waals surface area (Å²) in [4.78, 5) is 15.8. The van der Waals surface area contributed by atoms with Gasteiger partial charge in [-0.05, 0) is 24.6 Å². The zero-order valence-corrected chi connectivity index (χ0v) is 13.9. The Morgan fingerprint density at radius 2 is 2.19 bits per heavy atom. The molecule has 2 aromatic rings. The van der Waals surface area contributed by atoms with Gasteiger partial charge in [-0.15, -0.1) is 0 Å². The van der Waals surface area contributed by atoms with Crippen LogP contribution in [0.2, 0.25) is 5.15 Å². The molecule has 0 spiro atoms. The third-order valence-corrected chi connectivity index (χ3v) is 4.81. The summed E-state index contributed by atoms with van der Waals surface area (Å²) >= 11 is 7.90. The van der Waals surface area contributed by atoms with Crippen LogP contribution >= 0.6 is 23.4 Å². The Labute approximate surface area is 134 Å². The average molecular weight is 324 g/mol. The van der Waals surface area contributed by atoms with Crippen LogP contribution < -0.4 is 0 Å². The van der Waals surface area contributed by atoms with Crippen molar-refractivity contribution < 1.29 is 9.53 Å². The van der Waals surface area contributed by atoms with Crippen molar-refractivity contribution in [2.75, 3.05) is 12.9 Å². The lowest BCUT2D eigenvalue weighted by Crippen LogP contribution is -2.14. The molecule has 1 unspecified atom stereocenters. The van der Waals surface area contributed by atoms with Gasteiger partial charge in [-0.25, -0.2) is 4.98 Å². The first-order valence-electron chi connectivity index (χ1n) is 6.72. The van der Waals surface area contributed by atoms with Crippen LogP contribution in [0.5, 0.6) is 0 Å². The van der Waals surface area contributed by atoms with Gasteiger partial charge in [0.1, 0.15) is 5.15 Å². The molecule has 0 aliphatic heterocycles. The number of fused-ring (bicyclic) bond motifs is 1. The van der Waals surface area contributed by atoms with E-state index in [1.165, 1.54) is 12.7 Å². The molecular weight excluding hydrogens is 306 g/mol. The highest BCUT2D eigenvalue weighted by molar-refractivity contribution is 7.98. The van der Waals surface area contributed by atoms with E-state index in [4.69, 9.17) is 16.3 Å². The van der Waals surface area contributed by atoms with Gasteiger partial charge in [0.25, 0.3) is 0 Å². The quantitative estimate of drug-likeness (QED) is 0.609. The molecule has 0 saturated carbocycles. The van der Waals surface area contributed by atoms with E-state index in [0.717, 1.165) is 22.2 Å². The number of halogens is 1. The summed E-state index contributed by atoms with van der Waals surface area (Å²) in [6.07, 6.45) is 0. The van der Waals surface area contributed by atoms with Crippen LogP contribution in [0.1, 0.15) is 18.1 Å². The number of ether oxygens (including phenoxy) is 1. The van der Waals surface area contributed by atoms with Gasteiger partial charge in [-0.3, -0.25) is 4.79 Å². The molecule has 0 saturated heterocycles.